The first-order chi connectivity index (χ1) is 8.63. The number of rotatable bonds is 6. The Hall–Kier alpha value is -0.650. The van der Waals surface area contributed by atoms with Crippen molar-refractivity contribution in [1.82, 2.24) is 5.32 Å². The van der Waals surface area contributed by atoms with E-state index in [1.807, 2.05) is 18.2 Å². The molecule has 0 saturated heterocycles. The summed E-state index contributed by atoms with van der Waals surface area (Å²) in [5, 5.41) is 11.8. The van der Waals surface area contributed by atoms with E-state index in [9.17, 15) is 4.79 Å². The smallest absolute Gasteiger partial charge is 0.244 e. The van der Waals surface area contributed by atoms with Crippen LogP contribution in [-0.4, -0.2) is 24.2 Å². The topological polar surface area (TPSA) is 49.3 Å². The molecule has 0 atom stereocenters. The second-order valence-corrected chi connectivity index (χ2v) is 7.16. The van der Waals surface area contributed by atoms with E-state index in [2.05, 4.69) is 21.2 Å². The van der Waals surface area contributed by atoms with Crippen molar-refractivity contribution in [3.05, 3.63) is 26.9 Å². The molecule has 0 aliphatic heterocycles. The normalized spacial score (nSPS) is 17.0. The summed E-state index contributed by atoms with van der Waals surface area (Å²) in [4.78, 5) is 12.7. The van der Waals surface area contributed by atoms with Gasteiger partial charge in [-0.3, -0.25) is 4.79 Å². The molecule has 1 aliphatic carbocycles. The molecular formula is C13H16BrNO2S. The number of aliphatic hydroxyl groups excluding tert-OH is 1. The fourth-order valence-electron chi connectivity index (χ4n) is 1.84. The Balaban J connectivity index is 1.77. The molecule has 0 unspecified atom stereocenters. The van der Waals surface area contributed by atoms with Crippen LogP contribution in [0.25, 0.3) is 6.08 Å². The van der Waals surface area contributed by atoms with Crippen molar-refractivity contribution in [1.29, 1.82) is 0 Å². The number of nitrogens with one attached hydrogen (secondary N) is 1. The van der Waals surface area contributed by atoms with Crippen LogP contribution >= 0.6 is 27.3 Å². The minimum atomic E-state index is -0.0660. The third-order valence-corrected chi connectivity index (χ3v) is 4.82. The summed E-state index contributed by atoms with van der Waals surface area (Å²) in [6.07, 6.45) is 6.38. The Kier molecular flexibility index (Phi) is 4.59. The monoisotopic (exact) mass is 329 g/mol. The lowest BCUT2D eigenvalue weighted by Crippen LogP contribution is -2.29. The van der Waals surface area contributed by atoms with Crippen LogP contribution in [0.3, 0.4) is 0 Å². The van der Waals surface area contributed by atoms with Crippen molar-refractivity contribution >= 4 is 39.2 Å². The van der Waals surface area contributed by atoms with Gasteiger partial charge in [0.1, 0.15) is 0 Å². The van der Waals surface area contributed by atoms with Gasteiger partial charge in [-0.25, -0.2) is 0 Å². The highest BCUT2D eigenvalue weighted by Gasteiger charge is 2.41. The lowest BCUT2D eigenvalue weighted by molar-refractivity contribution is -0.116. The molecule has 0 bridgehead atoms. The van der Waals surface area contributed by atoms with Gasteiger partial charge in [0.2, 0.25) is 5.91 Å². The number of carbonyl (C=O) groups excluding carboxylic acids is 1. The van der Waals surface area contributed by atoms with Crippen LogP contribution < -0.4 is 5.32 Å². The van der Waals surface area contributed by atoms with Crippen molar-refractivity contribution in [3.8, 4) is 0 Å². The molecule has 1 aromatic heterocycles. The van der Waals surface area contributed by atoms with Crippen LogP contribution in [-0.2, 0) is 4.79 Å². The molecule has 98 valence electrons. The summed E-state index contributed by atoms with van der Waals surface area (Å²) in [6, 6.07) is 3.93. The van der Waals surface area contributed by atoms with Gasteiger partial charge in [0.15, 0.2) is 0 Å². The van der Waals surface area contributed by atoms with E-state index in [0.29, 0.717) is 6.54 Å². The molecule has 0 aromatic carbocycles. The molecular weight excluding hydrogens is 314 g/mol. The van der Waals surface area contributed by atoms with Gasteiger partial charge in [-0.15, -0.1) is 11.3 Å². The average Bonchev–Trinajstić information content (AvgIpc) is 2.99. The number of aliphatic hydroxyl groups is 1. The van der Waals surface area contributed by atoms with E-state index in [-0.39, 0.29) is 17.9 Å². The quantitative estimate of drug-likeness (QED) is 0.788. The van der Waals surface area contributed by atoms with E-state index in [1.165, 1.54) is 0 Å². The van der Waals surface area contributed by atoms with Crippen LogP contribution in [0.4, 0.5) is 0 Å². The highest BCUT2D eigenvalue weighted by atomic mass is 79.9. The molecule has 18 heavy (non-hydrogen) atoms. The van der Waals surface area contributed by atoms with Crippen molar-refractivity contribution in [2.45, 2.75) is 19.3 Å². The fourth-order valence-corrected chi connectivity index (χ4v) is 3.16. The Morgan fingerprint density at radius 1 is 1.56 bits per heavy atom. The Bertz CT molecular complexity index is 452. The number of amides is 1. The largest absolute Gasteiger partial charge is 0.396 e. The van der Waals surface area contributed by atoms with Gasteiger partial charge < -0.3 is 10.4 Å². The molecule has 1 aliphatic rings. The van der Waals surface area contributed by atoms with Gasteiger partial charge >= 0.3 is 0 Å². The van der Waals surface area contributed by atoms with Gasteiger partial charge in [0, 0.05) is 24.1 Å². The van der Waals surface area contributed by atoms with Gasteiger partial charge in [-0.2, -0.15) is 0 Å². The predicted molar refractivity (Wildman–Crippen MR) is 77.4 cm³/mol. The highest BCUT2D eigenvalue weighted by Crippen LogP contribution is 2.47. The van der Waals surface area contributed by atoms with E-state index >= 15 is 0 Å². The molecule has 5 heteroatoms. The Morgan fingerprint density at radius 2 is 2.33 bits per heavy atom. The van der Waals surface area contributed by atoms with E-state index in [0.717, 1.165) is 27.9 Å². The van der Waals surface area contributed by atoms with E-state index in [1.54, 1.807) is 17.4 Å². The number of halogens is 1. The SMILES string of the molecule is O=C(/C=C/c1ccc(Br)s1)NCC1(CCO)CC1. The lowest BCUT2D eigenvalue weighted by atomic mass is 10.0. The first-order valence-electron chi connectivity index (χ1n) is 5.96. The first kappa shape index (κ1) is 13.8. The molecule has 2 rings (SSSR count). The van der Waals surface area contributed by atoms with Crippen molar-refractivity contribution < 1.29 is 9.90 Å². The summed E-state index contributed by atoms with van der Waals surface area (Å²) >= 11 is 4.97. The molecule has 0 radical (unpaired) electrons. The Labute approximate surface area is 119 Å². The van der Waals surface area contributed by atoms with Gasteiger partial charge in [-0.05, 0) is 58.8 Å². The van der Waals surface area contributed by atoms with Crippen LogP contribution in [0.15, 0.2) is 22.0 Å². The van der Waals surface area contributed by atoms with Crippen LogP contribution in [0, 0.1) is 5.41 Å². The summed E-state index contributed by atoms with van der Waals surface area (Å²) < 4.78 is 1.06. The second-order valence-electron chi connectivity index (χ2n) is 4.67. The predicted octanol–water partition coefficient (Wildman–Crippen LogP) is 2.80. The third-order valence-electron chi connectivity index (χ3n) is 3.23. The highest BCUT2D eigenvalue weighted by molar-refractivity contribution is 9.11. The molecule has 1 amide bonds. The molecule has 2 N–H and O–H groups in total. The van der Waals surface area contributed by atoms with Crippen molar-refractivity contribution in [2.75, 3.05) is 13.2 Å². The molecule has 0 spiro atoms. The third kappa shape index (κ3) is 3.93. The fraction of sp³-hybridized carbons (Fsp3) is 0.462. The van der Waals surface area contributed by atoms with Gasteiger partial charge in [0.05, 0.1) is 3.79 Å². The van der Waals surface area contributed by atoms with Gasteiger partial charge in [0.25, 0.3) is 0 Å². The second kappa shape index (κ2) is 5.99. The van der Waals surface area contributed by atoms with Crippen LogP contribution in [0.2, 0.25) is 0 Å². The molecule has 1 aromatic rings. The van der Waals surface area contributed by atoms with Crippen molar-refractivity contribution in [2.24, 2.45) is 5.41 Å². The zero-order chi connectivity index (χ0) is 13.0. The number of carbonyl (C=O) groups is 1. The van der Waals surface area contributed by atoms with Crippen LogP contribution in [0.5, 0.6) is 0 Å². The molecule has 1 fully saturated rings. The minimum absolute atomic E-state index is 0.0660. The number of hydrogen-bond donors (Lipinski definition) is 2. The Morgan fingerprint density at radius 3 is 2.89 bits per heavy atom. The number of hydrogen-bond acceptors (Lipinski definition) is 3. The summed E-state index contributed by atoms with van der Waals surface area (Å²) in [7, 11) is 0. The molecule has 1 heterocycles. The zero-order valence-corrected chi connectivity index (χ0v) is 12.4. The summed E-state index contributed by atoms with van der Waals surface area (Å²) in [5.41, 5.74) is 0.171. The maximum atomic E-state index is 11.6. The standard InChI is InChI=1S/C13H16BrNO2S/c14-11-3-1-10(18-11)2-4-12(17)15-9-13(5-6-13)7-8-16/h1-4,16H,5-9H2,(H,15,17)/b4-2+. The van der Waals surface area contributed by atoms with Gasteiger partial charge in [-0.1, -0.05) is 0 Å². The van der Waals surface area contributed by atoms with E-state index in [4.69, 9.17) is 5.11 Å². The lowest BCUT2D eigenvalue weighted by Gasteiger charge is -2.13. The van der Waals surface area contributed by atoms with E-state index < -0.39 is 0 Å². The maximum Gasteiger partial charge on any atom is 0.244 e. The zero-order valence-electron chi connectivity index (χ0n) is 9.99. The minimum Gasteiger partial charge on any atom is -0.396 e. The summed E-state index contributed by atoms with van der Waals surface area (Å²) in [6.45, 7) is 0.875. The average molecular weight is 330 g/mol. The summed E-state index contributed by atoms with van der Waals surface area (Å²) in [5.74, 6) is -0.0660. The molecule has 1 saturated carbocycles. The van der Waals surface area contributed by atoms with Crippen LogP contribution in [0.1, 0.15) is 24.1 Å². The first-order valence-corrected chi connectivity index (χ1v) is 7.57. The number of thiophene rings is 1. The molecule has 3 nitrogen and oxygen atoms in total. The maximum absolute atomic E-state index is 11.6. The van der Waals surface area contributed by atoms with Crippen molar-refractivity contribution in [3.63, 3.8) is 0 Å².